The zero-order valence-corrected chi connectivity index (χ0v) is 21.6. The van der Waals surface area contributed by atoms with Crippen LogP contribution in [0.3, 0.4) is 0 Å². The number of anilines is 1. The zero-order chi connectivity index (χ0) is 25.8. The number of aryl methyl sites for hydroxylation is 1. The molecular formula is C26H31ClN6O4. The number of pyridine rings is 1. The minimum Gasteiger partial charge on any atom is -0.388 e. The van der Waals surface area contributed by atoms with Crippen LogP contribution in [-0.2, 0) is 21.0 Å². The summed E-state index contributed by atoms with van der Waals surface area (Å²) in [7, 11) is 0. The Hall–Kier alpha value is -3.37. The second-order valence-corrected chi connectivity index (χ2v) is 10.1. The number of benzene rings is 1. The van der Waals surface area contributed by atoms with Crippen molar-refractivity contribution in [2.24, 2.45) is 5.16 Å². The molecule has 2 aromatic rings. The fraction of sp³-hybridized carbons (Fsp3) is 0.462. The number of amides is 2. The van der Waals surface area contributed by atoms with Gasteiger partial charge in [-0.3, -0.25) is 4.79 Å². The number of hydrogen-bond donors (Lipinski definition) is 1. The number of hydroxylamine groups is 2. The summed E-state index contributed by atoms with van der Waals surface area (Å²) in [5.41, 5.74) is 2.11. The molecule has 0 atom stereocenters. The first-order chi connectivity index (χ1) is 17.9. The van der Waals surface area contributed by atoms with Gasteiger partial charge in [0.2, 0.25) is 0 Å². The van der Waals surface area contributed by atoms with Gasteiger partial charge in [-0.25, -0.2) is 9.78 Å². The number of piperidine rings is 1. The summed E-state index contributed by atoms with van der Waals surface area (Å²) < 4.78 is 0. The van der Waals surface area contributed by atoms with E-state index in [0.29, 0.717) is 75.8 Å². The predicted octanol–water partition coefficient (Wildman–Crippen LogP) is 3.14. The second-order valence-electron chi connectivity index (χ2n) is 9.72. The molecule has 0 radical (unpaired) electrons. The van der Waals surface area contributed by atoms with Gasteiger partial charge in [-0.2, -0.15) is 0 Å². The molecule has 11 heteroatoms. The lowest BCUT2D eigenvalue weighted by Gasteiger charge is -2.36. The molecule has 1 aromatic heterocycles. The van der Waals surface area contributed by atoms with E-state index in [-0.39, 0.29) is 5.91 Å². The lowest BCUT2D eigenvalue weighted by Crippen LogP contribution is -2.51. The normalized spacial score (nSPS) is 19.4. The van der Waals surface area contributed by atoms with Crippen molar-refractivity contribution in [1.29, 1.82) is 0 Å². The van der Waals surface area contributed by atoms with Crippen molar-refractivity contribution < 1.29 is 19.3 Å². The van der Waals surface area contributed by atoms with Crippen molar-refractivity contribution in [1.82, 2.24) is 20.3 Å². The molecule has 0 saturated carbocycles. The zero-order valence-electron chi connectivity index (χ0n) is 20.9. The number of nitrogens with zero attached hydrogens (tertiary/aromatic N) is 5. The maximum absolute atomic E-state index is 13.1. The Kier molecular flexibility index (Phi) is 7.48. The molecule has 3 aliphatic rings. The average molecular weight is 527 g/mol. The summed E-state index contributed by atoms with van der Waals surface area (Å²) in [6.07, 6.45) is 2.93. The molecule has 2 fully saturated rings. The number of carbonyl (C=O) groups excluding carboxylic acids is 2. The molecule has 2 amide bonds. The van der Waals surface area contributed by atoms with Gasteiger partial charge in [0.15, 0.2) is 0 Å². The lowest BCUT2D eigenvalue weighted by molar-refractivity contribution is -0.157. The largest absolute Gasteiger partial charge is 0.426 e. The summed E-state index contributed by atoms with van der Waals surface area (Å²) in [6.45, 7) is 5.89. The molecule has 1 aromatic carbocycles. The Morgan fingerprint density at radius 2 is 1.81 bits per heavy atom. The number of rotatable bonds is 5. The number of carbonyl (C=O) groups is 2. The summed E-state index contributed by atoms with van der Waals surface area (Å²) in [4.78, 5) is 44.9. The summed E-state index contributed by atoms with van der Waals surface area (Å²) >= 11 is 6.27. The minimum atomic E-state index is -0.521. The Bertz CT molecular complexity index is 1160. The van der Waals surface area contributed by atoms with Crippen LogP contribution in [0.2, 0.25) is 5.02 Å². The third kappa shape index (κ3) is 5.97. The molecule has 1 spiro atoms. The van der Waals surface area contributed by atoms with E-state index in [1.165, 1.54) is 5.56 Å². The van der Waals surface area contributed by atoms with E-state index in [1.807, 2.05) is 42.2 Å². The Morgan fingerprint density at radius 1 is 1.08 bits per heavy atom. The average Bonchev–Trinajstić information content (AvgIpc) is 3.33. The molecule has 37 heavy (non-hydrogen) atoms. The highest BCUT2D eigenvalue weighted by Gasteiger charge is 2.45. The molecule has 10 nitrogen and oxygen atoms in total. The van der Waals surface area contributed by atoms with Crippen LogP contribution in [-0.4, -0.2) is 77.5 Å². The summed E-state index contributed by atoms with van der Waals surface area (Å²) in [5.74, 6) is 0.660. The molecule has 3 aliphatic heterocycles. The molecule has 0 aliphatic carbocycles. The van der Waals surface area contributed by atoms with Crippen molar-refractivity contribution in [3.8, 4) is 0 Å². The van der Waals surface area contributed by atoms with E-state index < -0.39 is 11.7 Å². The van der Waals surface area contributed by atoms with Crippen LogP contribution in [0.1, 0.15) is 30.4 Å². The number of nitrogens with one attached hydrogen (secondary N) is 1. The van der Waals surface area contributed by atoms with Crippen LogP contribution < -0.4 is 10.2 Å². The first kappa shape index (κ1) is 25.3. The Morgan fingerprint density at radius 3 is 2.51 bits per heavy atom. The van der Waals surface area contributed by atoms with E-state index >= 15 is 0 Å². The van der Waals surface area contributed by atoms with E-state index in [2.05, 4.69) is 20.4 Å². The Labute approximate surface area is 221 Å². The van der Waals surface area contributed by atoms with Crippen LogP contribution in [0, 0.1) is 6.92 Å². The predicted molar refractivity (Wildman–Crippen MR) is 139 cm³/mol. The fourth-order valence-electron chi connectivity index (χ4n) is 4.83. The quantitative estimate of drug-likeness (QED) is 0.639. The number of halogens is 1. The summed E-state index contributed by atoms with van der Waals surface area (Å²) in [6, 6.07) is 11.6. The molecule has 4 heterocycles. The minimum absolute atomic E-state index is 0.0854. The van der Waals surface area contributed by atoms with Crippen LogP contribution in [0.5, 0.6) is 0 Å². The van der Waals surface area contributed by atoms with Gasteiger partial charge in [0.25, 0.3) is 5.91 Å². The first-order valence-electron chi connectivity index (χ1n) is 12.6. The van der Waals surface area contributed by atoms with Gasteiger partial charge in [0, 0.05) is 71.3 Å². The highest BCUT2D eigenvalue weighted by Crippen LogP contribution is 2.35. The number of aromatic nitrogens is 1. The smallest absolute Gasteiger partial charge is 0.388 e. The van der Waals surface area contributed by atoms with Gasteiger partial charge < -0.3 is 24.8 Å². The molecular weight excluding hydrogens is 496 g/mol. The fourth-order valence-corrected chi connectivity index (χ4v) is 5.07. The van der Waals surface area contributed by atoms with E-state index in [1.54, 1.807) is 17.3 Å². The molecule has 2 saturated heterocycles. The van der Waals surface area contributed by atoms with Crippen molar-refractivity contribution >= 4 is 35.1 Å². The van der Waals surface area contributed by atoms with Gasteiger partial charge in [-0.05, 0) is 24.6 Å². The van der Waals surface area contributed by atoms with Crippen LogP contribution in [0.15, 0.2) is 47.8 Å². The third-order valence-electron chi connectivity index (χ3n) is 7.09. The van der Waals surface area contributed by atoms with Crippen molar-refractivity contribution in [2.75, 3.05) is 44.2 Å². The van der Waals surface area contributed by atoms with Crippen molar-refractivity contribution in [3.05, 3.63) is 58.7 Å². The van der Waals surface area contributed by atoms with Gasteiger partial charge in [-0.15, -0.1) is 5.06 Å². The SMILES string of the molecule is Cc1ccc(CNC(=O)ON2CCC3(CC2)CC(C(=O)N2CCN(c4ncccc4Cl)CC2)=NO3)cc1. The van der Waals surface area contributed by atoms with Gasteiger partial charge in [0.1, 0.15) is 17.1 Å². The standard InChI is InChI=1S/C26H31ClN6O4/c1-19-4-6-20(7-5-19)18-29-25(35)36-33-11-8-26(9-12-33)17-22(30-37-26)24(34)32-15-13-31(14-16-32)23-21(27)3-2-10-28-23/h2-7,10H,8-9,11-18H2,1H3,(H,29,35). The van der Waals surface area contributed by atoms with Gasteiger partial charge in [0.05, 0.1) is 5.02 Å². The lowest BCUT2D eigenvalue weighted by atomic mass is 9.87. The highest BCUT2D eigenvalue weighted by molar-refractivity contribution is 6.39. The molecule has 0 unspecified atom stereocenters. The number of hydrogen-bond acceptors (Lipinski definition) is 8. The maximum Gasteiger partial charge on any atom is 0.426 e. The monoisotopic (exact) mass is 526 g/mol. The number of oxime groups is 1. The summed E-state index contributed by atoms with van der Waals surface area (Å²) in [5, 5.41) is 9.20. The van der Waals surface area contributed by atoms with Gasteiger partial charge >= 0.3 is 6.09 Å². The molecule has 1 N–H and O–H groups in total. The third-order valence-corrected chi connectivity index (χ3v) is 7.39. The van der Waals surface area contributed by atoms with Crippen LogP contribution in [0.4, 0.5) is 10.6 Å². The second kappa shape index (κ2) is 10.9. The highest BCUT2D eigenvalue weighted by atomic mass is 35.5. The van der Waals surface area contributed by atoms with E-state index in [4.69, 9.17) is 21.3 Å². The number of piperazine rings is 1. The molecule has 196 valence electrons. The van der Waals surface area contributed by atoms with Crippen LogP contribution in [0.25, 0.3) is 0 Å². The van der Waals surface area contributed by atoms with E-state index in [9.17, 15) is 9.59 Å². The Balaban J connectivity index is 1.05. The van der Waals surface area contributed by atoms with Gasteiger partial charge in [-0.1, -0.05) is 46.6 Å². The topological polar surface area (TPSA) is 99.6 Å². The van der Waals surface area contributed by atoms with Crippen molar-refractivity contribution in [3.63, 3.8) is 0 Å². The van der Waals surface area contributed by atoms with Crippen LogP contribution >= 0.6 is 11.6 Å². The first-order valence-corrected chi connectivity index (χ1v) is 12.9. The molecule has 0 bridgehead atoms. The molecule has 5 rings (SSSR count). The van der Waals surface area contributed by atoms with Crippen molar-refractivity contribution in [2.45, 2.75) is 38.3 Å². The van der Waals surface area contributed by atoms with E-state index in [0.717, 1.165) is 11.4 Å². The maximum atomic E-state index is 13.1.